The molecule has 6 heteroatoms. The number of methoxy groups -OCH3 is 1. The van der Waals surface area contributed by atoms with E-state index in [-0.39, 0.29) is 6.42 Å². The molecule has 0 aliphatic rings. The van der Waals surface area contributed by atoms with E-state index < -0.39 is 18.2 Å². The predicted molar refractivity (Wildman–Crippen MR) is 58.2 cm³/mol. The number of amides is 1. The highest BCUT2D eigenvalue weighted by molar-refractivity contribution is 5.73. The van der Waals surface area contributed by atoms with Gasteiger partial charge in [0, 0.05) is 6.42 Å². The molecule has 17 heavy (non-hydrogen) atoms. The van der Waals surface area contributed by atoms with Gasteiger partial charge in [0.1, 0.15) is 0 Å². The topological polar surface area (TPSA) is 84.9 Å². The molecule has 1 amide bonds. The second-order valence-electron chi connectivity index (χ2n) is 3.23. The van der Waals surface area contributed by atoms with Crippen LogP contribution in [0.1, 0.15) is 5.56 Å². The van der Waals surface area contributed by atoms with Gasteiger partial charge in [0.15, 0.2) is 6.10 Å². The predicted octanol–water partition coefficient (Wildman–Crippen LogP) is 0.970. The van der Waals surface area contributed by atoms with Crippen molar-refractivity contribution in [2.45, 2.75) is 12.5 Å². The van der Waals surface area contributed by atoms with Crippen LogP contribution in [-0.4, -0.2) is 30.4 Å². The third-order valence-electron chi connectivity index (χ3n) is 2.01. The second kappa shape index (κ2) is 6.49. The Morgan fingerprint density at radius 2 is 2.00 bits per heavy atom. The fourth-order valence-corrected chi connectivity index (χ4v) is 1.17. The summed E-state index contributed by atoms with van der Waals surface area (Å²) in [4.78, 5) is 26.4. The maximum absolute atomic E-state index is 10.9. The number of carbonyl (C=O) groups excluding carboxylic acids is 1. The number of carboxylic acid groups (broad SMARTS) is 1. The molecule has 0 spiro atoms. The van der Waals surface area contributed by atoms with E-state index >= 15 is 0 Å². The number of benzene rings is 1. The van der Waals surface area contributed by atoms with Crippen LogP contribution < -0.4 is 5.48 Å². The van der Waals surface area contributed by atoms with Crippen molar-refractivity contribution in [3.8, 4) is 0 Å². The molecule has 2 N–H and O–H groups in total. The summed E-state index contributed by atoms with van der Waals surface area (Å²) < 4.78 is 4.26. The van der Waals surface area contributed by atoms with Gasteiger partial charge in [-0.1, -0.05) is 30.3 Å². The molecular formula is C11H13NO5. The van der Waals surface area contributed by atoms with Crippen LogP contribution in [0.4, 0.5) is 4.79 Å². The summed E-state index contributed by atoms with van der Waals surface area (Å²) in [5.41, 5.74) is 2.69. The molecule has 0 heterocycles. The fourth-order valence-electron chi connectivity index (χ4n) is 1.17. The SMILES string of the molecule is COC(=O)NO[C@H](Cc1ccccc1)C(=O)O. The Morgan fingerprint density at radius 3 is 2.53 bits per heavy atom. The van der Waals surface area contributed by atoms with E-state index in [0.29, 0.717) is 0 Å². The lowest BCUT2D eigenvalue weighted by Crippen LogP contribution is -2.35. The van der Waals surface area contributed by atoms with Crippen molar-refractivity contribution in [2.24, 2.45) is 0 Å². The van der Waals surface area contributed by atoms with Crippen molar-refractivity contribution in [3.05, 3.63) is 35.9 Å². The van der Waals surface area contributed by atoms with Gasteiger partial charge in [-0.3, -0.25) is 4.84 Å². The van der Waals surface area contributed by atoms with Gasteiger partial charge in [-0.2, -0.15) is 5.48 Å². The fraction of sp³-hybridized carbons (Fsp3) is 0.273. The summed E-state index contributed by atoms with van der Waals surface area (Å²) in [5.74, 6) is -1.16. The van der Waals surface area contributed by atoms with Gasteiger partial charge in [0.05, 0.1) is 7.11 Å². The Kier molecular flexibility index (Phi) is 4.96. The van der Waals surface area contributed by atoms with Crippen molar-refractivity contribution in [3.63, 3.8) is 0 Å². The number of hydrogen-bond donors (Lipinski definition) is 2. The number of nitrogens with one attached hydrogen (secondary N) is 1. The summed E-state index contributed by atoms with van der Waals surface area (Å²) in [6.45, 7) is 0. The summed E-state index contributed by atoms with van der Waals surface area (Å²) in [5, 5.41) is 8.90. The Bertz CT molecular complexity index is 379. The lowest BCUT2D eigenvalue weighted by Gasteiger charge is -2.12. The van der Waals surface area contributed by atoms with E-state index in [4.69, 9.17) is 9.94 Å². The molecule has 1 aromatic rings. The standard InChI is InChI=1S/C11H13NO5/c1-16-11(15)12-17-9(10(13)14)7-8-5-3-2-4-6-8/h2-6,9H,7H2,1H3,(H,12,15)(H,13,14)/t9-/m1/s1. The first-order valence-electron chi connectivity index (χ1n) is 4.90. The quantitative estimate of drug-likeness (QED) is 0.748. The van der Waals surface area contributed by atoms with Crippen LogP contribution >= 0.6 is 0 Å². The first-order valence-corrected chi connectivity index (χ1v) is 4.90. The van der Waals surface area contributed by atoms with Crippen LogP contribution in [-0.2, 0) is 20.8 Å². The average molecular weight is 239 g/mol. The zero-order valence-corrected chi connectivity index (χ0v) is 9.25. The molecule has 1 aromatic carbocycles. The van der Waals surface area contributed by atoms with Crippen molar-refractivity contribution < 1.29 is 24.3 Å². The van der Waals surface area contributed by atoms with Gasteiger partial charge in [-0.25, -0.2) is 9.59 Å². The smallest absolute Gasteiger partial charge is 0.431 e. The maximum Gasteiger partial charge on any atom is 0.431 e. The number of rotatable bonds is 5. The van der Waals surface area contributed by atoms with Crippen molar-refractivity contribution in [1.29, 1.82) is 0 Å². The minimum absolute atomic E-state index is 0.153. The number of hydrogen-bond acceptors (Lipinski definition) is 4. The summed E-state index contributed by atoms with van der Waals surface area (Å²) in [6, 6.07) is 8.96. The molecule has 0 aliphatic carbocycles. The number of ether oxygens (including phenoxy) is 1. The number of aliphatic carboxylic acids is 1. The van der Waals surface area contributed by atoms with Gasteiger partial charge in [-0.05, 0) is 5.56 Å². The molecule has 0 aliphatic heterocycles. The summed E-state index contributed by atoms with van der Waals surface area (Å²) in [7, 11) is 1.16. The van der Waals surface area contributed by atoms with E-state index in [2.05, 4.69) is 4.74 Å². The second-order valence-corrected chi connectivity index (χ2v) is 3.23. The molecule has 0 unspecified atom stereocenters. The van der Waals surface area contributed by atoms with E-state index in [1.54, 1.807) is 24.3 Å². The molecule has 0 aromatic heterocycles. The van der Waals surface area contributed by atoms with Gasteiger partial charge in [0.25, 0.3) is 0 Å². The summed E-state index contributed by atoms with van der Waals surface area (Å²) in [6.07, 6.45) is -1.85. The highest BCUT2D eigenvalue weighted by Crippen LogP contribution is 2.05. The van der Waals surface area contributed by atoms with E-state index in [0.717, 1.165) is 12.7 Å². The average Bonchev–Trinajstić information content (AvgIpc) is 2.34. The molecule has 1 rings (SSSR count). The van der Waals surface area contributed by atoms with Gasteiger partial charge in [-0.15, -0.1) is 0 Å². The third kappa shape index (κ3) is 4.52. The molecule has 6 nitrogen and oxygen atoms in total. The van der Waals surface area contributed by atoms with Gasteiger partial charge < -0.3 is 9.84 Å². The molecule has 0 radical (unpaired) electrons. The number of carboxylic acids is 1. The Morgan fingerprint density at radius 1 is 1.35 bits per heavy atom. The lowest BCUT2D eigenvalue weighted by atomic mass is 10.1. The zero-order valence-electron chi connectivity index (χ0n) is 9.25. The molecule has 1 atom stereocenters. The lowest BCUT2D eigenvalue weighted by molar-refractivity contribution is -0.154. The van der Waals surface area contributed by atoms with Crippen LogP contribution in [0.3, 0.4) is 0 Å². The molecule has 0 bridgehead atoms. The van der Waals surface area contributed by atoms with E-state index in [1.165, 1.54) is 0 Å². The number of carbonyl (C=O) groups is 2. The molecule has 0 saturated heterocycles. The van der Waals surface area contributed by atoms with Crippen LogP contribution in [0, 0.1) is 0 Å². The zero-order chi connectivity index (χ0) is 12.7. The van der Waals surface area contributed by atoms with Crippen molar-refractivity contribution in [1.82, 2.24) is 5.48 Å². The van der Waals surface area contributed by atoms with Crippen LogP contribution in [0.5, 0.6) is 0 Å². The summed E-state index contributed by atoms with van der Waals surface area (Å²) >= 11 is 0. The minimum atomic E-state index is -1.16. The number of hydroxylamine groups is 1. The normalized spacial score (nSPS) is 11.6. The van der Waals surface area contributed by atoms with Crippen LogP contribution in [0.25, 0.3) is 0 Å². The van der Waals surface area contributed by atoms with E-state index in [9.17, 15) is 9.59 Å². The molecule has 92 valence electrons. The minimum Gasteiger partial charge on any atom is -0.479 e. The molecule has 0 saturated carbocycles. The Hall–Kier alpha value is -2.08. The highest BCUT2D eigenvalue weighted by atomic mass is 16.7. The van der Waals surface area contributed by atoms with E-state index in [1.807, 2.05) is 11.5 Å². The largest absolute Gasteiger partial charge is 0.479 e. The van der Waals surface area contributed by atoms with Crippen LogP contribution in [0.2, 0.25) is 0 Å². The monoisotopic (exact) mass is 239 g/mol. The first-order chi connectivity index (χ1) is 8.13. The third-order valence-corrected chi connectivity index (χ3v) is 2.01. The Labute approximate surface area is 98.1 Å². The van der Waals surface area contributed by atoms with Crippen molar-refractivity contribution in [2.75, 3.05) is 7.11 Å². The molecular weight excluding hydrogens is 226 g/mol. The first kappa shape index (κ1) is 13.0. The Balaban J connectivity index is 2.55. The van der Waals surface area contributed by atoms with Gasteiger partial charge >= 0.3 is 12.1 Å². The van der Waals surface area contributed by atoms with Gasteiger partial charge in [0.2, 0.25) is 0 Å². The highest BCUT2D eigenvalue weighted by Gasteiger charge is 2.20. The molecule has 0 fully saturated rings. The van der Waals surface area contributed by atoms with Crippen LogP contribution in [0.15, 0.2) is 30.3 Å². The van der Waals surface area contributed by atoms with Crippen molar-refractivity contribution >= 4 is 12.1 Å². The maximum atomic E-state index is 10.9.